The molecule has 1 aliphatic heterocycles. The second kappa shape index (κ2) is 10.2. The van der Waals surface area contributed by atoms with E-state index in [1.807, 2.05) is 23.1 Å². The van der Waals surface area contributed by atoms with Crippen LogP contribution in [0.5, 0.6) is 0 Å². The predicted octanol–water partition coefficient (Wildman–Crippen LogP) is 4.11. The Morgan fingerprint density at radius 1 is 1.17 bits per heavy atom. The summed E-state index contributed by atoms with van der Waals surface area (Å²) in [4.78, 5) is 17.0. The van der Waals surface area contributed by atoms with Gasteiger partial charge in [-0.05, 0) is 34.4 Å². The molecule has 0 radical (unpaired) electrons. The van der Waals surface area contributed by atoms with Crippen molar-refractivity contribution in [2.45, 2.75) is 31.0 Å². The summed E-state index contributed by atoms with van der Waals surface area (Å²) in [6.45, 7) is 6.43. The van der Waals surface area contributed by atoms with Gasteiger partial charge in [0.2, 0.25) is 11.8 Å². The van der Waals surface area contributed by atoms with Gasteiger partial charge in [-0.25, -0.2) is 0 Å². The van der Waals surface area contributed by atoms with E-state index in [-0.39, 0.29) is 11.8 Å². The molecule has 0 bridgehead atoms. The molecule has 0 saturated carbocycles. The molecule has 1 fully saturated rings. The molecule has 6 nitrogen and oxygen atoms in total. The number of thioether (sulfide) groups is 1. The van der Waals surface area contributed by atoms with Gasteiger partial charge in [0.1, 0.15) is 0 Å². The third kappa shape index (κ3) is 5.30. The van der Waals surface area contributed by atoms with Crippen LogP contribution in [0.15, 0.2) is 56.8 Å². The number of hydrogen-bond acceptors (Lipinski definition) is 7. The van der Waals surface area contributed by atoms with Crippen LogP contribution < -0.4 is 0 Å². The minimum atomic E-state index is 0.0834. The van der Waals surface area contributed by atoms with Gasteiger partial charge < -0.3 is 9.32 Å². The van der Waals surface area contributed by atoms with E-state index in [1.165, 1.54) is 17.3 Å². The minimum Gasteiger partial charge on any atom is -0.415 e. The Kier molecular flexibility index (Phi) is 7.20. The van der Waals surface area contributed by atoms with Gasteiger partial charge in [0.25, 0.3) is 5.22 Å². The monoisotopic (exact) mass is 442 g/mol. The van der Waals surface area contributed by atoms with Crippen molar-refractivity contribution in [3.8, 4) is 0 Å². The van der Waals surface area contributed by atoms with Crippen LogP contribution in [-0.4, -0.2) is 57.8 Å². The number of carbonyl (C=O) groups is 1. The third-order valence-electron chi connectivity index (χ3n) is 5.36. The SMILES string of the molecule is CCC(c1ccccc1)c1nnc(SCC(=O)N2CCN(Cc3ccsc3)CC2)o1. The zero-order valence-electron chi connectivity index (χ0n) is 17.1. The molecule has 1 aliphatic rings. The summed E-state index contributed by atoms with van der Waals surface area (Å²) in [5, 5.41) is 13.1. The van der Waals surface area contributed by atoms with E-state index in [9.17, 15) is 4.79 Å². The first-order chi connectivity index (χ1) is 14.7. The van der Waals surface area contributed by atoms with E-state index < -0.39 is 0 Å². The molecule has 1 saturated heterocycles. The number of aromatic nitrogens is 2. The molecule has 3 aromatic rings. The fourth-order valence-corrected chi connectivity index (χ4v) is 5.00. The smallest absolute Gasteiger partial charge is 0.277 e. The number of thiophene rings is 1. The van der Waals surface area contributed by atoms with Gasteiger partial charge in [0.05, 0.1) is 11.7 Å². The van der Waals surface area contributed by atoms with Crippen molar-refractivity contribution in [2.24, 2.45) is 0 Å². The topological polar surface area (TPSA) is 62.5 Å². The van der Waals surface area contributed by atoms with E-state index in [1.54, 1.807) is 11.3 Å². The number of piperazine rings is 1. The highest BCUT2D eigenvalue weighted by Gasteiger charge is 2.23. The van der Waals surface area contributed by atoms with Gasteiger partial charge in [-0.15, -0.1) is 10.2 Å². The number of carbonyl (C=O) groups excluding carboxylic acids is 1. The zero-order chi connectivity index (χ0) is 20.8. The third-order valence-corrected chi connectivity index (χ3v) is 6.90. The van der Waals surface area contributed by atoms with Crippen LogP contribution in [0.4, 0.5) is 0 Å². The Morgan fingerprint density at radius 3 is 2.67 bits per heavy atom. The maximum Gasteiger partial charge on any atom is 0.277 e. The first-order valence-electron chi connectivity index (χ1n) is 10.2. The molecule has 2 aromatic heterocycles. The number of amides is 1. The lowest BCUT2D eigenvalue weighted by molar-refractivity contribution is -0.130. The lowest BCUT2D eigenvalue weighted by Crippen LogP contribution is -2.48. The lowest BCUT2D eigenvalue weighted by atomic mass is 9.97. The Balaban J connectivity index is 1.26. The zero-order valence-corrected chi connectivity index (χ0v) is 18.7. The largest absolute Gasteiger partial charge is 0.415 e. The van der Waals surface area contributed by atoms with Gasteiger partial charge >= 0.3 is 0 Å². The summed E-state index contributed by atoms with van der Waals surface area (Å²) in [5.41, 5.74) is 2.51. The molecule has 8 heteroatoms. The molecule has 30 heavy (non-hydrogen) atoms. The molecule has 0 N–H and O–H groups in total. The van der Waals surface area contributed by atoms with Gasteiger partial charge in [0, 0.05) is 32.7 Å². The Bertz CT molecular complexity index is 922. The van der Waals surface area contributed by atoms with Crippen LogP contribution in [0.2, 0.25) is 0 Å². The molecule has 158 valence electrons. The van der Waals surface area contributed by atoms with Crippen LogP contribution in [0.25, 0.3) is 0 Å². The fraction of sp³-hybridized carbons (Fsp3) is 0.409. The van der Waals surface area contributed by atoms with Gasteiger partial charge in [-0.3, -0.25) is 9.69 Å². The Labute approximate surface area is 185 Å². The first-order valence-corrected chi connectivity index (χ1v) is 12.2. The summed E-state index contributed by atoms with van der Waals surface area (Å²) in [5.74, 6) is 1.15. The number of benzene rings is 1. The van der Waals surface area contributed by atoms with Crippen molar-refractivity contribution in [2.75, 3.05) is 31.9 Å². The maximum absolute atomic E-state index is 12.6. The van der Waals surface area contributed by atoms with Crippen molar-refractivity contribution in [3.63, 3.8) is 0 Å². The quantitative estimate of drug-likeness (QED) is 0.489. The Morgan fingerprint density at radius 2 is 1.97 bits per heavy atom. The number of hydrogen-bond donors (Lipinski definition) is 0. The normalized spacial score (nSPS) is 16.0. The van der Waals surface area contributed by atoms with Crippen LogP contribution in [-0.2, 0) is 11.3 Å². The van der Waals surface area contributed by atoms with Crippen LogP contribution >= 0.6 is 23.1 Å². The molecule has 3 heterocycles. The summed E-state index contributed by atoms with van der Waals surface area (Å²) in [7, 11) is 0. The molecular weight excluding hydrogens is 416 g/mol. The van der Waals surface area contributed by atoms with Crippen LogP contribution in [0.3, 0.4) is 0 Å². The van der Waals surface area contributed by atoms with Gasteiger partial charge in [-0.1, -0.05) is 49.0 Å². The van der Waals surface area contributed by atoms with Crippen LogP contribution in [0.1, 0.15) is 36.3 Å². The molecule has 1 aromatic carbocycles. The molecule has 0 aliphatic carbocycles. The summed E-state index contributed by atoms with van der Waals surface area (Å²) in [6, 6.07) is 12.3. The van der Waals surface area contributed by atoms with E-state index in [0.29, 0.717) is 16.9 Å². The minimum absolute atomic E-state index is 0.0834. The predicted molar refractivity (Wildman–Crippen MR) is 120 cm³/mol. The summed E-state index contributed by atoms with van der Waals surface area (Å²) < 4.78 is 5.87. The molecule has 0 spiro atoms. The highest BCUT2D eigenvalue weighted by Crippen LogP contribution is 2.29. The standard InChI is InChI=1S/C22H26N4O2S2/c1-2-19(18-6-4-3-5-7-18)21-23-24-22(28-21)30-16-20(27)26-11-9-25(10-12-26)14-17-8-13-29-15-17/h3-8,13,15,19H,2,9-12,14,16H2,1H3. The molecule has 1 atom stereocenters. The van der Waals surface area contributed by atoms with Crippen molar-refractivity contribution >= 4 is 29.0 Å². The van der Waals surface area contributed by atoms with E-state index in [4.69, 9.17) is 4.42 Å². The van der Waals surface area contributed by atoms with Crippen LogP contribution in [0, 0.1) is 0 Å². The van der Waals surface area contributed by atoms with Gasteiger partial charge in [0.15, 0.2) is 0 Å². The summed E-state index contributed by atoms with van der Waals surface area (Å²) >= 11 is 3.05. The fourth-order valence-electron chi connectivity index (χ4n) is 3.67. The second-order valence-corrected chi connectivity index (χ2v) is 9.06. The molecule has 4 rings (SSSR count). The maximum atomic E-state index is 12.6. The Hall–Kier alpha value is -2.16. The van der Waals surface area contributed by atoms with Crippen molar-refractivity contribution in [1.82, 2.24) is 20.0 Å². The van der Waals surface area contributed by atoms with Crippen molar-refractivity contribution in [1.29, 1.82) is 0 Å². The average Bonchev–Trinajstić information content (AvgIpc) is 3.46. The van der Waals surface area contributed by atoms with Crippen molar-refractivity contribution in [3.05, 3.63) is 64.2 Å². The van der Waals surface area contributed by atoms with Crippen molar-refractivity contribution < 1.29 is 9.21 Å². The number of nitrogens with zero attached hydrogens (tertiary/aromatic N) is 4. The van der Waals surface area contributed by atoms with Gasteiger partial charge in [-0.2, -0.15) is 11.3 Å². The van der Waals surface area contributed by atoms with E-state index in [0.717, 1.165) is 44.7 Å². The van der Waals surface area contributed by atoms with E-state index in [2.05, 4.69) is 51.0 Å². The summed E-state index contributed by atoms with van der Waals surface area (Å²) in [6.07, 6.45) is 0.880. The number of rotatable bonds is 8. The van der Waals surface area contributed by atoms with E-state index >= 15 is 0 Å². The second-order valence-electron chi connectivity index (χ2n) is 7.35. The molecule has 1 amide bonds. The molecular formula is C22H26N4O2S2. The first kappa shape index (κ1) is 21.1. The highest BCUT2D eigenvalue weighted by molar-refractivity contribution is 7.99. The molecule has 1 unspecified atom stereocenters. The highest BCUT2D eigenvalue weighted by atomic mass is 32.2. The lowest BCUT2D eigenvalue weighted by Gasteiger charge is -2.34. The average molecular weight is 443 g/mol.